The first-order chi connectivity index (χ1) is 6.92. The first-order valence-corrected chi connectivity index (χ1v) is 5.82. The number of rotatable bonds is 3. The second-order valence-corrected chi connectivity index (χ2v) is 5.01. The molecule has 0 atom stereocenters. The minimum atomic E-state index is -3.68. The summed E-state index contributed by atoms with van der Waals surface area (Å²) in [5, 5.41) is 0. The first-order valence-electron chi connectivity index (χ1n) is 4.41. The van der Waals surface area contributed by atoms with E-state index in [1.54, 1.807) is 26.2 Å². The van der Waals surface area contributed by atoms with Gasteiger partial charge in [-0.15, -0.1) is 0 Å². The van der Waals surface area contributed by atoms with Gasteiger partial charge in [0, 0.05) is 0 Å². The summed E-state index contributed by atoms with van der Waals surface area (Å²) < 4.78 is 29.4. The number of aryl methyl sites for hydroxylation is 1. The van der Waals surface area contributed by atoms with Crippen LogP contribution >= 0.6 is 0 Å². The molecule has 0 aromatic heterocycles. The Morgan fingerprint density at radius 2 is 2.00 bits per heavy atom. The van der Waals surface area contributed by atoms with Crippen LogP contribution in [0.1, 0.15) is 5.56 Å². The lowest BCUT2D eigenvalue weighted by Gasteiger charge is -2.01. The molecule has 15 heavy (non-hydrogen) atoms. The van der Waals surface area contributed by atoms with Crippen LogP contribution in [0.15, 0.2) is 29.2 Å². The molecule has 0 amide bonds. The summed E-state index contributed by atoms with van der Waals surface area (Å²) in [5.74, 6) is 0. The van der Waals surface area contributed by atoms with E-state index in [1.807, 2.05) is 13.0 Å². The van der Waals surface area contributed by atoms with E-state index in [2.05, 4.69) is 0 Å². The highest BCUT2D eigenvalue weighted by atomic mass is 32.2. The van der Waals surface area contributed by atoms with Crippen molar-refractivity contribution >= 4 is 16.5 Å². The largest absolute Gasteiger partial charge is 0.343 e. The van der Waals surface area contributed by atoms with E-state index in [9.17, 15) is 8.42 Å². The Bertz CT molecular complexity index is 473. The molecular formula is C10H14NO3S+. The Hall–Kier alpha value is -1.36. The summed E-state index contributed by atoms with van der Waals surface area (Å²) in [4.78, 5) is 0.167. The van der Waals surface area contributed by atoms with Gasteiger partial charge in [0.05, 0.1) is 0 Å². The van der Waals surface area contributed by atoms with Crippen molar-refractivity contribution < 1.29 is 17.2 Å². The number of benzene rings is 1. The first kappa shape index (κ1) is 11.7. The van der Waals surface area contributed by atoms with Gasteiger partial charge < -0.3 is 4.18 Å². The Balaban J connectivity index is 3.02. The van der Waals surface area contributed by atoms with E-state index in [1.165, 1.54) is 10.6 Å². The Kier molecular flexibility index (Phi) is 3.47. The minimum Gasteiger partial charge on any atom is -0.326 e. The third-order valence-electron chi connectivity index (χ3n) is 1.66. The summed E-state index contributed by atoms with van der Waals surface area (Å²) in [6.45, 7) is 1.83. The van der Waals surface area contributed by atoms with E-state index in [4.69, 9.17) is 4.18 Å². The molecule has 0 heterocycles. The fourth-order valence-electron chi connectivity index (χ4n) is 0.969. The van der Waals surface area contributed by atoms with Gasteiger partial charge in [-0.05, 0) is 24.6 Å². The highest BCUT2D eigenvalue weighted by Crippen LogP contribution is 2.12. The van der Waals surface area contributed by atoms with Crippen LogP contribution in [0.5, 0.6) is 0 Å². The summed E-state index contributed by atoms with van der Waals surface area (Å²) >= 11 is 0. The molecule has 0 radical (unpaired) electrons. The van der Waals surface area contributed by atoms with E-state index >= 15 is 0 Å². The normalized spacial score (nSPS) is 10.9. The fourth-order valence-corrected chi connectivity index (χ4v) is 1.94. The van der Waals surface area contributed by atoms with Crippen molar-refractivity contribution in [2.45, 2.75) is 11.8 Å². The maximum atomic E-state index is 11.6. The summed E-state index contributed by atoms with van der Waals surface area (Å²) in [6.07, 6.45) is 1.15. The molecule has 1 aromatic rings. The van der Waals surface area contributed by atoms with E-state index in [-0.39, 0.29) is 4.90 Å². The highest BCUT2D eigenvalue weighted by molar-refractivity contribution is 7.87. The van der Waals surface area contributed by atoms with Crippen LogP contribution in [0, 0.1) is 6.92 Å². The monoisotopic (exact) mass is 228 g/mol. The van der Waals surface area contributed by atoms with Gasteiger partial charge in [0.15, 0.2) is 0 Å². The van der Waals surface area contributed by atoms with Gasteiger partial charge in [0.25, 0.3) is 0 Å². The molecule has 0 bridgehead atoms. The van der Waals surface area contributed by atoms with Crippen LogP contribution in [0.4, 0.5) is 0 Å². The van der Waals surface area contributed by atoms with Gasteiger partial charge in [0.1, 0.15) is 19.0 Å². The molecule has 5 heteroatoms. The lowest BCUT2D eigenvalue weighted by atomic mass is 10.2. The summed E-state index contributed by atoms with van der Waals surface area (Å²) in [5.41, 5.74) is 0.879. The van der Waals surface area contributed by atoms with Crippen LogP contribution < -0.4 is 0 Å². The molecule has 1 aromatic carbocycles. The molecule has 1 rings (SSSR count). The van der Waals surface area contributed by atoms with E-state index in [0.29, 0.717) is 0 Å². The Morgan fingerprint density at radius 1 is 1.33 bits per heavy atom. The third kappa shape index (κ3) is 3.36. The van der Waals surface area contributed by atoms with Crippen molar-refractivity contribution in [3.63, 3.8) is 0 Å². The average molecular weight is 228 g/mol. The van der Waals surface area contributed by atoms with E-state index < -0.39 is 10.1 Å². The maximum Gasteiger partial charge on any atom is 0.343 e. The van der Waals surface area contributed by atoms with Crippen LogP contribution in [0.25, 0.3) is 0 Å². The molecular weight excluding hydrogens is 214 g/mol. The van der Waals surface area contributed by atoms with Crippen LogP contribution in [0.3, 0.4) is 0 Å². The van der Waals surface area contributed by atoms with Gasteiger partial charge in [-0.2, -0.15) is 8.42 Å². The molecule has 0 spiro atoms. The Labute approximate surface area is 89.9 Å². The van der Waals surface area contributed by atoms with Crippen molar-refractivity contribution in [2.75, 3.05) is 14.1 Å². The van der Waals surface area contributed by atoms with Crippen LogP contribution in [-0.4, -0.2) is 33.5 Å². The summed E-state index contributed by atoms with van der Waals surface area (Å²) in [7, 11) is -0.303. The standard InChI is InChI=1S/C10H14NO3S/c1-9-5-4-6-10(7-9)15(12,13)14-8-11(2)3/h4-8H,1-3H3/q+1. The van der Waals surface area contributed by atoms with Crippen LogP contribution in [0.2, 0.25) is 0 Å². The van der Waals surface area contributed by atoms with Gasteiger partial charge >= 0.3 is 16.5 Å². The molecule has 4 nitrogen and oxygen atoms in total. The topological polar surface area (TPSA) is 46.4 Å². The van der Waals surface area contributed by atoms with Crippen molar-refractivity contribution in [1.29, 1.82) is 0 Å². The minimum absolute atomic E-state index is 0.167. The lowest BCUT2D eigenvalue weighted by molar-refractivity contribution is -0.466. The predicted molar refractivity (Wildman–Crippen MR) is 57.6 cm³/mol. The SMILES string of the molecule is Cc1cccc(S(=O)(=O)OC=[N+](C)C)c1. The fraction of sp³-hybridized carbons (Fsp3) is 0.300. The third-order valence-corrected chi connectivity index (χ3v) is 2.83. The molecule has 0 saturated heterocycles. The zero-order valence-electron chi connectivity index (χ0n) is 8.97. The van der Waals surface area contributed by atoms with Crippen molar-refractivity contribution in [2.24, 2.45) is 0 Å². The average Bonchev–Trinajstić information content (AvgIpc) is 2.15. The quantitative estimate of drug-likeness (QED) is 0.335. The molecule has 0 aliphatic rings. The Morgan fingerprint density at radius 3 is 2.53 bits per heavy atom. The van der Waals surface area contributed by atoms with Gasteiger partial charge in [0.2, 0.25) is 0 Å². The highest BCUT2D eigenvalue weighted by Gasteiger charge is 2.15. The number of hydrogen-bond donors (Lipinski definition) is 0. The molecule has 0 aliphatic heterocycles. The molecule has 0 fully saturated rings. The predicted octanol–water partition coefficient (Wildman–Crippen LogP) is 1.00. The van der Waals surface area contributed by atoms with Crippen molar-refractivity contribution in [3.05, 3.63) is 29.8 Å². The van der Waals surface area contributed by atoms with Crippen molar-refractivity contribution in [1.82, 2.24) is 0 Å². The smallest absolute Gasteiger partial charge is 0.326 e. The lowest BCUT2D eigenvalue weighted by Crippen LogP contribution is -2.10. The van der Waals surface area contributed by atoms with E-state index in [0.717, 1.165) is 12.0 Å². The second kappa shape index (κ2) is 4.44. The van der Waals surface area contributed by atoms with Gasteiger partial charge in [-0.3, -0.25) is 0 Å². The molecule has 0 aliphatic carbocycles. The molecule has 0 N–H and O–H groups in total. The van der Waals surface area contributed by atoms with Crippen molar-refractivity contribution in [3.8, 4) is 0 Å². The zero-order valence-corrected chi connectivity index (χ0v) is 9.78. The van der Waals surface area contributed by atoms with Gasteiger partial charge in [-0.1, -0.05) is 12.1 Å². The molecule has 0 saturated carbocycles. The summed E-state index contributed by atoms with van der Waals surface area (Å²) in [6, 6.07) is 6.58. The number of nitrogens with zero attached hydrogens (tertiary/aromatic N) is 1. The molecule has 0 unspecified atom stereocenters. The van der Waals surface area contributed by atoms with Gasteiger partial charge in [-0.25, -0.2) is 4.58 Å². The molecule has 82 valence electrons. The maximum absolute atomic E-state index is 11.6. The zero-order chi connectivity index (χ0) is 11.5. The number of hydrogen-bond acceptors (Lipinski definition) is 3. The van der Waals surface area contributed by atoms with Crippen LogP contribution in [-0.2, 0) is 14.3 Å². The second-order valence-electron chi connectivity index (χ2n) is 3.44.